The Labute approximate surface area is 190 Å². The molecule has 0 saturated carbocycles. The van der Waals surface area contributed by atoms with Crippen LogP contribution in [0.4, 0.5) is 0 Å². The van der Waals surface area contributed by atoms with Gasteiger partial charge < -0.3 is 36.9 Å². The Bertz CT molecular complexity index is 759. The molecule has 0 radical (unpaired) electrons. The predicted molar refractivity (Wildman–Crippen MR) is 119 cm³/mol. The number of amides is 3. The normalized spacial score (nSPS) is 14.8. The monoisotopic (exact) mass is 472 g/mol. The van der Waals surface area contributed by atoms with Gasteiger partial charge in [-0.3, -0.25) is 14.4 Å². The molecule has 13 heteroatoms. The summed E-state index contributed by atoms with van der Waals surface area (Å²) in [6.07, 6.45) is 5.29. The molecule has 1 aromatic rings. The van der Waals surface area contributed by atoms with Crippen molar-refractivity contribution in [2.45, 2.75) is 50.9 Å². The number of hydrogen-bond donors (Lipinski definition) is 7. The Morgan fingerprint density at radius 2 is 1.75 bits per heavy atom. The highest BCUT2D eigenvalue weighted by molar-refractivity contribution is 7.98. The number of nitrogens with one attached hydrogen (secondary N) is 4. The molecule has 0 aliphatic carbocycles. The molecule has 0 fully saturated rings. The van der Waals surface area contributed by atoms with E-state index in [1.54, 1.807) is 13.8 Å². The molecule has 8 N–H and O–H groups in total. The molecule has 0 aliphatic rings. The number of hydrogen-bond acceptors (Lipinski definition) is 8. The largest absolute Gasteiger partial charge is 0.480 e. The number of nitrogens with two attached hydrogens (primary N) is 1. The van der Waals surface area contributed by atoms with Crippen molar-refractivity contribution in [3.8, 4) is 0 Å². The lowest BCUT2D eigenvalue weighted by molar-refractivity contribution is -0.143. The van der Waals surface area contributed by atoms with Crippen molar-refractivity contribution in [1.82, 2.24) is 25.9 Å². The second-order valence-electron chi connectivity index (χ2n) is 7.54. The van der Waals surface area contributed by atoms with Gasteiger partial charge in [0.15, 0.2) is 0 Å². The van der Waals surface area contributed by atoms with E-state index in [1.807, 2.05) is 6.26 Å². The fraction of sp³-hybridized carbons (Fsp3) is 0.632. The first-order valence-electron chi connectivity index (χ1n) is 10.1. The van der Waals surface area contributed by atoms with Gasteiger partial charge in [-0.15, -0.1) is 0 Å². The highest BCUT2D eigenvalue weighted by Crippen LogP contribution is 2.05. The van der Waals surface area contributed by atoms with Crippen LogP contribution < -0.4 is 21.7 Å². The van der Waals surface area contributed by atoms with E-state index in [9.17, 15) is 29.4 Å². The number of aromatic amines is 1. The van der Waals surface area contributed by atoms with Crippen LogP contribution in [0.1, 0.15) is 26.0 Å². The Morgan fingerprint density at radius 1 is 1.12 bits per heavy atom. The number of carbonyl (C=O) groups excluding carboxylic acids is 3. The lowest BCUT2D eigenvalue weighted by atomic mass is 10.0. The second-order valence-corrected chi connectivity index (χ2v) is 8.53. The van der Waals surface area contributed by atoms with Crippen molar-refractivity contribution in [2.75, 3.05) is 18.6 Å². The summed E-state index contributed by atoms with van der Waals surface area (Å²) in [6.45, 7) is 2.49. The zero-order chi connectivity index (χ0) is 24.3. The fourth-order valence-electron chi connectivity index (χ4n) is 2.74. The van der Waals surface area contributed by atoms with Gasteiger partial charge in [0.25, 0.3) is 0 Å². The summed E-state index contributed by atoms with van der Waals surface area (Å²) in [5, 5.41) is 26.0. The third kappa shape index (κ3) is 8.85. The number of carboxylic acids is 1. The first kappa shape index (κ1) is 27.4. The van der Waals surface area contributed by atoms with Gasteiger partial charge in [-0.25, -0.2) is 9.78 Å². The van der Waals surface area contributed by atoms with Crippen LogP contribution in [0.3, 0.4) is 0 Å². The van der Waals surface area contributed by atoms with Crippen LogP contribution in [0.5, 0.6) is 0 Å². The molecule has 1 rings (SSSR count). The molecule has 32 heavy (non-hydrogen) atoms. The van der Waals surface area contributed by atoms with Gasteiger partial charge in [-0.1, -0.05) is 13.8 Å². The summed E-state index contributed by atoms with van der Waals surface area (Å²) < 4.78 is 0. The zero-order valence-corrected chi connectivity index (χ0v) is 19.1. The second kappa shape index (κ2) is 13.7. The minimum Gasteiger partial charge on any atom is -0.480 e. The molecule has 0 saturated heterocycles. The number of aliphatic carboxylic acids is 1. The Kier molecular flexibility index (Phi) is 11.7. The first-order chi connectivity index (χ1) is 15.1. The highest BCUT2D eigenvalue weighted by Gasteiger charge is 2.31. The van der Waals surface area contributed by atoms with Gasteiger partial charge >= 0.3 is 5.97 Å². The molecular weight excluding hydrogens is 440 g/mol. The van der Waals surface area contributed by atoms with Gasteiger partial charge in [0, 0.05) is 18.3 Å². The van der Waals surface area contributed by atoms with Crippen LogP contribution in [0.2, 0.25) is 0 Å². The summed E-state index contributed by atoms with van der Waals surface area (Å²) in [6, 6.07) is -4.49. The highest BCUT2D eigenvalue weighted by atomic mass is 32.2. The topological polar surface area (TPSA) is 200 Å². The molecule has 1 aromatic heterocycles. The summed E-state index contributed by atoms with van der Waals surface area (Å²) in [5.41, 5.74) is 6.58. The third-order valence-corrected chi connectivity index (χ3v) is 5.27. The number of aliphatic hydroxyl groups is 1. The van der Waals surface area contributed by atoms with Gasteiger partial charge in [-0.05, 0) is 24.3 Å². The molecule has 180 valence electrons. The summed E-state index contributed by atoms with van der Waals surface area (Å²) in [7, 11) is 0. The van der Waals surface area contributed by atoms with Crippen LogP contribution in [0.25, 0.3) is 0 Å². The van der Waals surface area contributed by atoms with E-state index in [1.165, 1.54) is 24.3 Å². The van der Waals surface area contributed by atoms with Crippen molar-refractivity contribution >= 4 is 35.5 Å². The SMILES string of the molecule is CSCCC(NC(=O)C(N)Cc1cnc[nH]1)C(=O)NC(CO)C(=O)NC(C(=O)O)C(C)C. The number of carboxylic acid groups (broad SMARTS) is 1. The van der Waals surface area contributed by atoms with E-state index in [4.69, 9.17) is 5.73 Å². The number of thioether (sulfide) groups is 1. The standard InChI is InChI=1S/C19H32N6O6S/c1-10(2)15(19(30)31)25-18(29)14(8-26)24-17(28)13(4-5-32-3)23-16(27)12(20)6-11-7-21-9-22-11/h7,9-10,12-15,26H,4-6,8,20H2,1-3H3,(H,21,22)(H,23,27)(H,24,28)(H,25,29)(H,30,31). The lowest BCUT2D eigenvalue weighted by Crippen LogP contribution is -2.58. The van der Waals surface area contributed by atoms with Crippen LogP contribution in [-0.4, -0.2) is 86.7 Å². The maximum atomic E-state index is 12.8. The number of aromatic nitrogens is 2. The molecular formula is C19H32N6O6S. The van der Waals surface area contributed by atoms with Gasteiger partial charge in [0.05, 0.1) is 19.0 Å². The Balaban J connectivity index is 2.80. The fourth-order valence-corrected chi connectivity index (χ4v) is 3.21. The summed E-state index contributed by atoms with van der Waals surface area (Å²) >= 11 is 1.46. The maximum Gasteiger partial charge on any atom is 0.326 e. The summed E-state index contributed by atoms with van der Waals surface area (Å²) in [4.78, 5) is 55.6. The van der Waals surface area contributed by atoms with E-state index in [2.05, 4.69) is 25.9 Å². The first-order valence-corrected chi connectivity index (χ1v) is 11.5. The van der Waals surface area contributed by atoms with Gasteiger partial charge in [-0.2, -0.15) is 11.8 Å². The van der Waals surface area contributed by atoms with Crippen molar-refractivity contribution in [2.24, 2.45) is 11.7 Å². The molecule has 4 unspecified atom stereocenters. The van der Waals surface area contributed by atoms with Crippen molar-refractivity contribution in [3.05, 3.63) is 18.2 Å². The van der Waals surface area contributed by atoms with Gasteiger partial charge in [0.1, 0.15) is 18.1 Å². The number of carbonyl (C=O) groups is 4. The smallest absolute Gasteiger partial charge is 0.326 e. The minimum atomic E-state index is -1.38. The zero-order valence-electron chi connectivity index (χ0n) is 18.3. The molecule has 4 atom stereocenters. The van der Waals surface area contributed by atoms with E-state index in [-0.39, 0.29) is 12.8 Å². The van der Waals surface area contributed by atoms with E-state index in [0.29, 0.717) is 11.4 Å². The molecule has 3 amide bonds. The average molecular weight is 473 g/mol. The van der Waals surface area contributed by atoms with Crippen LogP contribution in [-0.2, 0) is 25.6 Å². The molecule has 0 aliphatic heterocycles. The number of aliphatic hydroxyl groups excluding tert-OH is 1. The van der Waals surface area contributed by atoms with Crippen LogP contribution >= 0.6 is 11.8 Å². The van der Waals surface area contributed by atoms with Crippen LogP contribution in [0, 0.1) is 5.92 Å². The number of H-pyrrole nitrogens is 1. The van der Waals surface area contributed by atoms with E-state index in [0.717, 1.165) is 0 Å². The third-order valence-electron chi connectivity index (χ3n) is 4.62. The van der Waals surface area contributed by atoms with Gasteiger partial charge in [0.2, 0.25) is 17.7 Å². The van der Waals surface area contributed by atoms with E-state index < -0.39 is 60.4 Å². The molecule has 0 spiro atoms. The molecule has 0 bridgehead atoms. The number of nitrogens with zero attached hydrogens (tertiary/aromatic N) is 1. The van der Waals surface area contributed by atoms with Crippen molar-refractivity contribution in [3.63, 3.8) is 0 Å². The predicted octanol–water partition coefficient (Wildman–Crippen LogP) is -1.78. The van der Waals surface area contributed by atoms with Crippen LogP contribution in [0.15, 0.2) is 12.5 Å². The maximum absolute atomic E-state index is 12.8. The number of imidazole rings is 1. The van der Waals surface area contributed by atoms with Crippen molar-refractivity contribution in [1.29, 1.82) is 0 Å². The molecule has 1 heterocycles. The minimum absolute atomic E-state index is 0.191. The number of rotatable bonds is 14. The summed E-state index contributed by atoms with van der Waals surface area (Å²) in [5.74, 6) is -3.18. The quantitative estimate of drug-likeness (QED) is 0.163. The molecule has 0 aromatic carbocycles. The molecule has 12 nitrogen and oxygen atoms in total. The van der Waals surface area contributed by atoms with E-state index >= 15 is 0 Å². The van der Waals surface area contributed by atoms with Crippen molar-refractivity contribution < 1.29 is 29.4 Å². The Hall–Kier alpha value is -2.64. The lowest BCUT2D eigenvalue weighted by Gasteiger charge is -2.25. The Morgan fingerprint density at radius 3 is 2.25 bits per heavy atom. The average Bonchev–Trinajstić information content (AvgIpc) is 3.24.